The van der Waals surface area contributed by atoms with Crippen molar-refractivity contribution in [3.63, 3.8) is 0 Å². The Morgan fingerprint density at radius 2 is 1.96 bits per heavy atom. The van der Waals surface area contributed by atoms with Crippen molar-refractivity contribution < 1.29 is 14.7 Å². The highest BCUT2D eigenvalue weighted by atomic mass is 16.4. The molecule has 1 aliphatic heterocycles. The van der Waals surface area contributed by atoms with Gasteiger partial charge in [0.05, 0.1) is 18.2 Å². The lowest BCUT2D eigenvalue weighted by atomic mass is 9.87. The molecule has 0 saturated heterocycles. The Morgan fingerprint density at radius 3 is 2.50 bits per heavy atom. The summed E-state index contributed by atoms with van der Waals surface area (Å²) in [4.78, 5) is 31.3. The number of benzene rings is 1. The molecule has 146 valence electrons. The highest BCUT2D eigenvalue weighted by Crippen LogP contribution is 2.32. The predicted molar refractivity (Wildman–Crippen MR) is 112 cm³/mol. The standard InChI is InChI=1S/C23H26N2O3/c1-5-11-17(6-2)21(18-12-9-8-10-13-18)22(26)25-15-19(24-7-3)16(4)14-20(25)23(27)28/h5-13,20-21H,1-2,14-15H2,3-4H3,(H,27,28)/b17-11+,24-7?. The zero-order valence-electron chi connectivity index (χ0n) is 16.3. The maximum atomic E-state index is 13.6. The largest absolute Gasteiger partial charge is 0.480 e. The minimum absolute atomic E-state index is 0.161. The second kappa shape index (κ2) is 9.65. The summed E-state index contributed by atoms with van der Waals surface area (Å²) in [5.74, 6) is -1.97. The van der Waals surface area contributed by atoms with Crippen molar-refractivity contribution in [1.82, 2.24) is 4.90 Å². The van der Waals surface area contributed by atoms with Crippen molar-refractivity contribution in [2.45, 2.75) is 32.2 Å². The lowest BCUT2D eigenvalue weighted by molar-refractivity contribution is -0.150. The van der Waals surface area contributed by atoms with Crippen LogP contribution in [0.3, 0.4) is 0 Å². The van der Waals surface area contributed by atoms with Gasteiger partial charge in [-0.1, -0.05) is 61.7 Å². The minimum atomic E-state index is -1.02. The Hall–Kier alpha value is -3.21. The molecule has 2 unspecified atom stereocenters. The monoisotopic (exact) mass is 378 g/mol. The average molecular weight is 378 g/mol. The van der Waals surface area contributed by atoms with Crippen LogP contribution in [0.25, 0.3) is 0 Å². The number of carboxylic acid groups (broad SMARTS) is 1. The van der Waals surface area contributed by atoms with Gasteiger partial charge < -0.3 is 10.0 Å². The van der Waals surface area contributed by atoms with Crippen molar-refractivity contribution in [3.05, 3.63) is 84.1 Å². The minimum Gasteiger partial charge on any atom is -0.480 e. The van der Waals surface area contributed by atoms with E-state index in [1.165, 1.54) is 4.90 Å². The Kier molecular flexibility index (Phi) is 7.27. The van der Waals surface area contributed by atoms with Gasteiger partial charge in [-0.25, -0.2) is 4.79 Å². The summed E-state index contributed by atoms with van der Waals surface area (Å²) in [6.45, 7) is 11.4. The first-order chi connectivity index (χ1) is 13.4. The van der Waals surface area contributed by atoms with Crippen LogP contribution in [0.2, 0.25) is 0 Å². The molecule has 0 radical (unpaired) electrons. The number of allylic oxidation sites excluding steroid dienone is 3. The fourth-order valence-electron chi connectivity index (χ4n) is 3.39. The maximum absolute atomic E-state index is 13.6. The summed E-state index contributed by atoms with van der Waals surface area (Å²) in [6.07, 6.45) is 6.85. The van der Waals surface area contributed by atoms with E-state index in [1.807, 2.05) is 37.3 Å². The van der Waals surface area contributed by atoms with Crippen molar-refractivity contribution in [1.29, 1.82) is 0 Å². The van der Waals surface area contributed by atoms with Crippen LogP contribution in [0, 0.1) is 0 Å². The van der Waals surface area contributed by atoms with Crippen LogP contribution in [-0.4, -0.2) is 40.7 Å². The summed E-state index contributed by atoms with van der Waals surface area (Å²) in [5, 5.41) is 9.74. The first kappa shape index (κ1) is 21.1. The molecule has 28 heavy (non-hydrogen) atoms. The molecule has 0 fully saturated rings. The van der Waals surface area contributed by atoms with E-state index < -0.39 is 17.9 Å². The number of carbonyl (C=O) groups excluding carboxylic acids is 1. The molecular weight excluding hydrogens is 352 g/mol. The van der Waals surface area contributed by atoms with Gasteiger partial charge in [-0.15, -0.1) is 0 Å². The quantitative estimate of drug-likeness (QED) is 0.573. The number of aliphatic imine (C=N–C) groups is 1. The third-order valence-corrected chi connectivity index (χ3v) is 4.80. The summed E-state index contributed by atoms with van der Waals surface area (Å²) >= 11 is 0. The van der Waals surface area contributed by atoms with E-state index in [9.17, 15) is 14.7 Å². The molecule has 0 bridgehead atoms. The average Bonchev–Trinajstić information content (AvgIpc) is 2.69. The van der Waals surface area contributed by atoms with Crippen LogP contribution in [0.1, 0.15) is 31.7 Å². The molecule has 1 heterocycles. The molecule has 2 rings (SSSR count). The molecule has 1 amide bonds. The van der Waals surface area contributed by atoms with Crippen LogP contribution in [0.5, 0.6) is 0 Å². The topological polar surface area (TPSA) is 70.0 Å². The summed E-state index contributed by atoms with van der Waals surface area (Å²) < 4.78 is 0. The molecule has 0 saturated carbocycles. The molecule has 5 nitrogen and oxygen atoms in total. The number of hydrogen-bond donors (Lipinski definition) is 1. The van der Waals surface area contributed by atoms with E-state index in [2.05, 4.69) is 18.2 Å². The molecule has 1 aliphatic rings. The third kappa shape index (κ3) is 4.55. The van der Waals surface area contributed by atoms with Gasteiger partial charge >= 0.3 is 5.97 Å². The normalized spacial score (nSPS) is 18.9. The zero-order chi connectivity index (χ0) is 20.7. The molecule has 5 heteroatoms. The van der Waals surface area contributed by atoms with E-state index in [1.54, 1.807) is 31.4 Å². The number of aliphatic carboxylic acids is 1. The maximum Gasteiger partial charge on any atom is 0.326 e. The van der Waals surface area contributed by atoms with Gasteiger partial charge in [0, 0.05) is 12.6 Å². The molecular formula is C23H26N2O3. The number of nitrogens with zero attached hydrogens (tertiary/aromatic N) is 2. The van der Waals surface area contributed by atoms with Gasteiger partial charge in [-0.3, -0.25) is 9.79 Å². The first-order valence-electron chi connectivity index (χ1n) is 9.15. The molecule has 0 aromatic heterocycles. The SMILES string of the molecule is C=C/C=C(\C=C)C(C(=O)N1CC(N=CC)=C(C)CC1C(=O)O)c1ccccc1. The second-order valence-electron chi connectivity index (χ2n) is 6.59. The highest BCUT2D eigenvalue weighted by molar-refractivity contribution is 5.92. The van der Waals surface area contributed by atoms with Crippen LogP contribution in [0.4, 0.5) is 0 Å². The molecule has 0 aliphatic carbocycles. The van der Waals surface area contributed by atoms with Crippen molar-refractivity contribution >= 4 is 18.1 Å². The van der Waals surface area contributed by atoms with Crippen LogP contribution in [0.15, 0.2) is 83.6 Å². The smallest absolute Gasteiger partial charge is 0.326 e. The number of rotatable bonds is 7. The van der Waals surface area contributed by atoms with E-state index in [-0.39, 0.29) is 18.9 Å². The molecule has 2 atom stereocenters. The molecule has 0 spiro atoms. The summed E-state index contributed by atoms with van der Waals surface area (Å²) in [6, 6.07) is 8.36. The summed E-state index contributed by atoms with van der Waals surface area (Å²) in [5.41, 5.74) is 3.06. The molecule has 1 aromatic rings. The Labute approximate surface area is 166 Å². The van der Waals surface area contributed by atoms with Gasteiger partial charge in [-0.2, -0.15) is 0 Å². The van der Waals surface area contributed by atoms with E-state index in [4.69, 9.17) is 0 Å². The Balaban J connectivity index is 2.55. The predicted octanol–water partition coefficient (Wildman–Crippen LogP) is 4.12. The van der Waals surface area contributed by atoms with Gasteiger partial charge in [0.25, 0.3) is 0 Å². The number of carbonyl (C=O) groups is 2. The number of carboxylic acids is 1. The van der Waals surface area contributed by atoms with Gasteiger partial charge in [0.1, 0.15) is 6.04 Å². The summed E-state index contributed by atoms with van der Waals surface area (Å²) in [7, 11) is 0. The Bertz CT molecular complexity index is 850. The van der Waals surface area contributed by atoms with Gasteiger partial charge in [-0.05, 0) is 30.6 Å². The molecule has 1 N–H and O–H groups in total. The first-order valence-corrected chi connectivity index (χ1v) is 9.15. The van der Waals surface area contributed by atoms with Crippen LogP contribution >= 0.6 is 0 Å². The fraction of sp³-hybridized carbons (Fsp3) is 0.261. The third-order valence-electron chi connectivity index (χ3n) is 4.80. The van der Waals surface area contributed by atoms with Crippen molar-refractivity contribution in [2.75, 3.05) is 6.54 Å². The zero-order valence-corrected chi connectivity index (χ0v) is 16.3. The Morgan fingerprint density at radius 1 is 1.29 bits per heavy atom. The lowest BCUT2D eigenvalue weighted by Crippen LogP contribution is -2.50. The van der Waals surface area contributed by atoms with Gasteiger partial charge in [0.15, 0.2) is 0 Å². The van der Waals surface area contributed by atoms with Crippen LogP contribution in [-0.2, 0) is 9.59 Å². The van der Waals surface area contributed by atoms with Crippen molar-refractivity contribution in [3.8, 4) is 0 Å². The fourth-order valence-corrected chi connectivity index (χ4v) is 3.39. The number of amides is 1. The van der Waals surface area contributed by atoms with Gasteiger partial charge in [0.2, 0.25) is 5.91 Å². The van der Waals surface area contributed by atoms with E-state index >= 15 is 0 Å². The van der Waals surface area contributed by atoms with Crippen molar-refractivity contribution in [2.24, 2.45) is 4.99 Å². The molecule has 1 aromatic carbocycles. The second-order valence-corrected chi connectivity index (χ2v) is 6.59. The van der Waals surface area contributed by atoms with Crippen LogP contribution < -0.4 is 0 Å². The highest BCUT2D eigenvalue weighted by Gasteiger charge is 2.38. The number of hydrogen-bond acceptors (Lipinski definition) is 3. The lowest BCUT2D eigenvalue weighted by Gasteiger charge is -2.36. The van der Waals surface area contributed by atoms with E-state index in [0.717, 1.165) is 16.8 Å². The van der Waals surface area contributed by atoms with E-state index in [0.29, 0.717) is 5.57 Å².